The monoisotopic (exact) mass is 306 g/mol. The van der Waals surface area contributed by atoms with Gasteiger partial charge in [0.15, 0.2) is 0 Å². The number of anilines is 2. The summed E-state index contributed by atoms with van der Waals surface area (Å²) in [6, 6.07) is 12.3. The molecule has 2 aromatic rings. The van der Waals surface area contributed by atoms with Gasteiger partial charge in [-0.3, -0.25) is 0 Å². The van der Waals surface area contributed by atoms with Crippen LogP contribution in [0.1, 0.15) is 18.9 Å². The van der Waals surface area contributed by atoms with Gasteiger partial charge < -0.3 is 10.6 Å². The highest BCUT2D eigenvalue weighted by Gasteiger charge is 2.13. The van der Waals surface area contributed by atoms with Gasteiger partial charge in [0.2, 0.25) is 0 Å². The summed E-state index contributed by atoms with van der Waals surface area (Å²) in [5, 5.41) is 0.685. The van der Waals surface area contributed by atoms with E-state index < -0.39 is 0 Å². The van der Waals surface area contributed by atoms with Crippen LogP contribution < -0.4 is 10.6 Å². The predicted molar refractivity (Wildman–Crippen MR) is 87.9 cm³/mol. The van der Waals surface area contributed by atoms with Crippen molar-refractivity contribution >= 4 is 23.0 Å². The molecule has 0 radical (unpaired) electrons. The third kappa shape index (κ3) is 3.96. The zero-order valence-corrected chi connectivity index (χ0v) is 13.1. The molecule has 0 aliphatic rings. The predicted octanol–water partition coefficient (Wildman–Crippen LogP) is 4.53. The van der Waals surface area contributed by atoms with Gasteiger partial charge in [-0.2, -0.15) is 0 Å². The van der Waals surface area contributed by atoms with Gasteiger partial charge in [-0.05, 0) is 54.8 Å². The van der Waals surface area contributed by atoms with E-state index in [0.29, 0.717) is 5.02 Å². The van der Waals surface area contributed by atoms with Crippen LogP contribution in [0.5, 0.6) is 0 Å². The first-order valence-electron chi connectivity index (χ1n) is 7.04. The third-order valence-electron chi connectivity index (χ3n) is 3.60. The summed E-state index contributed by atoms with van der Waals surface area (Å²) in [6.45, 7) is 2.06. The van der Waals surface area contributed by atoms with Gasteiger partial charge >= 0.3 is 0 Å². The molecule has 2 aromatic carbocycles. The lowest BCUT2D eigenvalue weighted by molar-refractivity contribution is 0.627. The van der Waals surface area contributed by atoms with Gasteiger partial charge in [-0.1, -0.05) is 24.6 Å². The Morgan fingerprint density at radius 3 is 2.67 bits per heavy atom. The van der Waals surface area contributed by atoms with Gasteiger partial charge in [0.1, 0.15) is 5.82 Å². The van der Waals surface area contributed by atoms with Gasteiger partial charge in [0.05, 0.1) is 0 Å². The van der Waals surface area contributed by atoms with Crippen LogP contribution in [0.2, 0.25) is 5.02 Å². The molecule has 0 aromatic heterocycles. The maximum absolute atomic E-state index is 13.4. The molecule has 0 aliphatic carbocycles. The van der Waals surface area contributed by atoms with Crippen LogP contribution in [0.3, 0.4) is 0 Å². The fourth-order valence-corrected chi connectivity index (χ4v) is 2.49. The summed E-state index contributed by atoms with van der Waals surface area (Å²) in [4.78, 5) is 1.96. The Morgan fingerprint density at radius 1 is 1.24 bits per heavy atom. The summed E-state index contributed by atoms with van der Waals surface area (Å²) in [5.74, 6) is -0.250. The fraction of sp³-hybridized carbons (Fsp3) is 0.294. The quantitative estimate of drug-likeness (QED) is 0.879. The van der Waals surface area contributed by atoms with Crippen molar-refractivity contribution in [2.24, 2.45) is 5.73 Å². The van der Waals surface area contributed by atoms with Gasteiger partial charge in [-0.15, -0.1) is 0 Å². The first-order valence-corrected chi connectivity index (χ1v) is 7.42. The second kappa shape index (κ2) is 6.92. The Balaban J connectivity index is 2.38. The molecule has 0 aliphatic heterocycles. The molecule has 0 heterocycles. The minimum atomic E-state index is -0.250. The number of benzene rings is 2. The zero-order valence-electron chi connectivity index (χ0n) is 12.3. The van der Waals surface area contributed by atoms with E-state index in [1.165, 1.54) is 12.1 Å². The number of nitrogens with zero attached hydrogens (tertiary/aromatic N) is 1. The van der Waals surface area contributed by atoms with E-state index >= 15 is 0 Å². The van der Waals surface area contributed by atoms with E-state index in [2.05, 4.69) is 6.92 Å². The average Bonchev–Trinajstić information content (AvgIpc) is 2.46. The van der Waals surface area contributed by atoms with Gasteiger partial charge in [0, 0.05) is 29.5 Å². The molecular weight excluding hydrogens is 287 g/mol. The number of nitrogens with two attached hydrogens (primary N) is 1. The summed E-state index contributed by atoms with van der Waals surface area (Å²) in [6.07, 6.45) is 1.64. The molecule has 1 unspecified atom stereocenters. The van der Waals surface area contributed by atoms with Gasteiger partial charge in [-0.25, -0.2) is 4.39 Å². The number of hydrogen-bond acceptors (Lipinski definition) is 2. The van der Waals surface area contributed by atoms with Crippen molar-refractivity contribution in [3.05, 3.63) is 58.9 Å². The largest absolute Gasteiger partial charge is 0.344 e. The molecule has 0 fully saturated rings. The van der Waals surface area contributed by atoms with E-state index in [4.69, 9.17) is 17.3 Å². The Hall–Kier alpha value is -1.58. The van der Waals surface area contributed by atoms with E-state index in [1.54, 1.807) is 6.07 Å². The molecule has 0 saturated heterocycles. The van der Waals surface area contributed by atoms with Crippen LogP contribution in [0.15, 0.2) is 42.5 Å². The van der Waals surface area contributed by atoms with E-state index in [1.807, 2.05) is 36.2 Å². The maximum Gasteiger partial charge on any atom is 0.125 e. The lowest BCUT2D eigenvalue weighted by Crippen LogP contribution is -2.23. The summed E-state index contributed by atoms with van der Waals surface area (Å²) >= 11 is 6.10. The molecule has 21 heavy (non-hydrogen) atoms. The first kappa shape index (κ1) is 15.8. The van der Waals surface area contributed by atoms with Crippen LogP contribution in [0, 0.1) is 5.82 Å². The number of rotatable bonds is 5. The van der Waals surface area contributed by atoms with Crippen molar-refractivity contribution < 1.29 is 4.39 Å². The summed E-state index contributed by atoms with van der Waals surface area (Å²) in [5.41, 5.74) is 8.93. The van der Waals surface area contributed by atoms with Crippen LogP contribution >= 0.6 is 11.6 Å². The van der Waals surface area contributed by atoms with Crippen LogP contribution in [0.4, 0.5) is 15.8 Å². The van der Waals surface area contributed by atoms with Crippen molar-refractivity contribution in [2.45, 2.75) is 25.8 Å². The normalized spacial score (nSPS) is 12.2. The summed E-state index contributed by atoms with van der Waals surface area (Å²) < 4.78 is 13.4. The van der Waals surface area contributed by atoms with Crippen LogP contribution in [0.25, 0.3) is 0 Å². The summed E-state index contributed by atoms with van der Waals surface area (Å²) in [7, 11) is 1.92. The lowest BCUT2D eigenvalue weighted by atomic mass is 10.0. The highest BCUT2D eigenvalue weighted by Crippen LogP contribution is 2.30. The van der Waals surface area contributed by atoms with Crippen molar-refractivity contribution in [3.63, 3.8) is 0 Å². The lowest BCUT2D eigenvalue weighted by Gasteiger charge is -2.24. The molecule has 2 nitrogen and oxygen atoms in total. The molecule has 4 heteroatoms. The Morgan fingerprint density at radius 2 is 2.00 bits per heavy atom. The third-order valence-corrected chi connectivity index (χ3v) is 3.84. The molecule has 1 atom stereocenters. The Bertz CT molecular complexity index is 615. The highest BCUT2D eigenvalue weighted by molar-refractivity contribution is 6.30. The molecule has 2 N–H and O–H groups in total. The molecule has 2 rings (SSSR count). The minimum Gasteiger partial charge on any atom is -0.344 e. The second-order valence-electron chi connectivity index (χ2n) is 5.18. The molecular formula is C17H20ClFN2. The highest BCUT2D eigenvalue weighted by atomic mass is 35.5. The average molecular weight is 307 g/mol. The number of hydrogen-bond donors (Lipinski definition) is 1. The molecule has 0 saturated carbocycles. The SMILES string of the molecule is CCC(N)Cc1cc(Cl)ccc1N(C)c1cccc(F)c1. The van der Waals surface area contributed by atoms with Crippen LogP contribution in [-0.4, -0.2) is 13.1 Å². The van der Waals surface area contributed by atoms with E-state index in [0.717, 1.165) is 29.8 Å². The van der Waals surface area contributed by atoms with Crippen LogP contribution in [-0.2, 0) is 6.42 Å². The topological polar surface area (TPSA) is 29.3 Å². The standard InChI is InChI=1S/C17H20ClFN2/c1-3-15(20)10-12-9-13(18)7-8-17(12)21(2)16-6-4-5-14(19)11-16/h4-9,11,15H,3,10,20H2,1-2H3. The van der Waals surface area contributed by atoms with Gasteiger partial charge in [0.25, 0.3) is 0 Å². The minimum absolute atomic E-state index is 0.0862. The fourth-order valence-electron chi connectivity index (χ4n) is 2.30. The maximum atomic E-state index is 13.4. The second-order valence-corrected chi connectivity index (χ2v) is 5.62. The smallest absolute Gasteiger partial charge is 0.125 e. The van der Waals surface area contributed by atoms with E-state index in [-0.39, 0.29) is 11.9 Å². The van der Waals surface area contributed by atoms with Crippen molar-refractivity contribution in [3.8, 4) is 0 Å². The molecule has 0 amide bonds. The number of halogens is 2. The van der Waals surface area contributed by atoms with E-state index in [9.17, 15) is 4.39 Å². The molecule has 0 bridgehead atoms. The van der Waals surface area contributed by atoms with Crippen molar-refractivity contribution in [2.75, 3.05) is 11.9 Å². The van der Waals surface area contributed by atoms with Crippen molar-refractivity contribution in [1.29, 1.82) is 0 Å². The molecule has 112 valence electrons. The first-order chi connectivity index (χ1) is 10.0. The Kier molecular flexibility index (Phi) is 5.21. The van der Waals surface area contributed by atoms with Crippen molar-refractivity contribution in [1.82, 2.24) is 0 Å². The molecule has 0 spiro atoms. The Labute approximate surface area is 130 Å². The zero-order chi connectivity index (χ0) is 15.4.